The van der Waals surface area contributed by atoms with Crippen LogP contribution in [-0.2, 0) is 5.41 Å². The molecular formula is C59H39NS. The molecule has 286 valence electrons. The number of anilines is 3. The molecule has 0 atom stereocenters. The highest BCUT2D eigenvalue weighted by Gasteiger charge is 2.45. The maximum Gasteiger partial charge on any atom is 0.0713 e. The van der Waals surface area contributed by atoms with Crippen molar-refractivity contribution in [2.24, 2.45) is 0 Å². The molecule has 1 aliphatic rings. The highest BCUT2D eigenvalue weighted by Crippen LogP contribution is 2.56. The van der Waals surface area contributed by atoms with Gasteiger partial charge in [-0.15, -0.1) is 11.3 Å². The molecule has 0 bridgehead atoms. The molecule has 1 aromatic heterocycles. The monoisotopic (exact) mass is 793 g/mol. The third-order valence-corrected chi connectivity index (χ3v) is 14.0. The smallest absolute Gasteiger partial charge is 0.0713 e. The number of hydrogen-bond acceptors (Lipinski definition) is 2. The zero-order valence-corrected chi connectivity index (χ0v) is 34.2. The Labute approximate surface area is 360 Å². The molecule has 0 saturated heterocycles. The number of nitrogens with zero attached hydrogens (tertiary/aromatic N) is 1. The summed E-state index contributed by atoms with van der Waals surface area (Å²) in [4.78, 5) is 2.39. The van der Waals surface area contributed by atoms with E-state index in [1.54, 1.807) is 0 Å². The molecule has 0 unspecified atom stereocenters. The highest BCUT2D eigenvalue weighted by molar-refractivity contribution is 7.26. The van der Waals surface area contributed by atoms with E-state index in [2.05, 4.69) is 241 Å². The van der Waals surface area contributed by atoms with Crippen LogP contribution in [0.2, 0.25) is 0 Å². The number of fused-ring (bicyclic) bond motifs is 7. The zero-order chi connectivity index (χ0) is 40.3. The second kappa shape index (κ2) is 14.3. The molecule has 61 heavy (non-hydrogen) atoms. The molecule has 0 amide bonds. The van der Waals surface area contributed by atoms with Gasteiger partial charge >= 0.3 is 0 Å². The van der Waals surface area contributed by atoms with Gasteiger partial charge in [0.1, 0.15) is 0 Å². The van der Waals surface area contributed by atoms with Gasteiger partial charge in [-0.05, 0) is 115 Å². The van der Waals surface area contributed by atoms with E-state index in [4.69, 9.17) is 0 Å². The lowest BCUT2D eigenvalue weighted by molar-refractivity contribution is 0.768. The summed E-state index contributed by atoms with van der Waals surface area (Å²) in [6.07, 6.45) is 0. The maximum atomic E-state index is 2.39. The van der Waals surface area contributed by atoms with Crippen LogP contribution in [0, 0.1) is 0 Å². The molecule has 1 aliphatic carbocycles. The number of benzene rings is 10. The first-order valence-electron chi connectivity index (χ1n) is 21.0. The molecule has 0 spiro atoms. The van der Waals surface area contributed by atoms with Crippen LogP contribution < -0.4 is 4.90 Å². The second-order valence-corrected chi connectivity index (χ2v) is 17.1. The van der Waals surface area contributed by atoms with Crippen molar-refractivity contribution in [3.8, 4) is 33.4 Å². The lowest BCUT2D eigenvalue weighted by Gasteiger charge is -2.34. The van der Waals surface area contributed by atoms with Gasteiger partial charge in [-0.25, -0.2) is 0 Å². The van der Waals surface area contributed by atoms with Crippen LogP contribution in [0.3, 0.4) is 0 Å². The molecular weight excluding hydrogens is 755 g/mol. The van der Waals surface area contributed by atoms with Crippen molar-refractivity contribution >= 4 is 59.3 Å². The van der Waals surface area contributed by atoms with Crippen molar-refractivity contribution in [3.05, 3.63) is 259 Å². The van der Waals surface area contributed by atoms with Gasteiger partial charge in [0, 0.05) is 37.2 Å². The van der Waals surface area contributed by atoms with Crippen molar-refractivity contribution in [1.82, 2.24) is 0 Å². The van der Waals surface area contributed by atoms with Crippen LogP contribution in [0.5, 0.6) is 0 Å². The van der Waals surface area contributed by atoms with Gasteiger partial charge in [-0.1, -0.05) is 188 Å². The Morgan fingerprint density at radius 1 is 0.328 bits per heavy atom. The molecule has 0 fully saturated rings. The predicted molar refractivity (Wildman–Crippen MR) is 260 cm³/mol. The van der Waals surface area contributed by atoms with Crippen molar-refractivity contribution in [3.63, 3.8) is 0 Å². The van der Waals surface area contributed by atoms with E-state index in [1.807, 2.05) is 11.3 Å². The fraction of sp³-hybridized carbons (Fsp3) is 0.0169. The normalized spacial score (nSPS) is 12.7. The first kappa shape index (κ1) is 35.4. The van der Waals surface area contributed by atoms with Crippen molar-refractivity contribution in [2.75, 3.05) is 4.90 Å². The van der Waals surface area contributed by atoms with E-state index in [0.717, 1.165) is 17.1 Å². The summed E-state index contributed by atoms with van der Waals surface area (Å²) in [5.74, 6) is 0. The minimum absolute atomic E-state index is 0.450. The van der Waals surface area contributed by atoms with Crippen LogP contribution in [0.1, 0.15) is 22.3 Å². The Kier molecular flexibility index (Phi) is 8.33. The quantitative estimate of drug-likeness (QED) is 0.155. The Balaban J connectivity index is 0.987. The van der Waals surface area contributed by atoms with E-state index in [0.29, 0.717) is 0 Å². The largest absolute Gasteiger partial charge is 0.311 e. The first-order chi connectivity index (χ1) is 30.2. The Bertz CT molecular complexity index is 3350. The number of thiophene rings is 1. The summed E-state index contributed by atoms with van der Waals surface area (Å²) in [5.41, 5.74) is 15.5. The molecule has 0 radical (unpaired) electrons. The lowest BCUT2D eigenvalue weighted by atomic mass is 9.68. The van der Waals surface area contributed by atoms with Gasteiger partial charge in [-0.3, -0.25) is 0 Å². The van der Waals surface area contributed by atoms with Gasteiger partial charge in [0.15, 0.2) is 0 Å². The molecule has 12 rings (SSSR count). The number of hydrogen-bond donors (Lipinski definition) is 0. The topological polar surface area (TPSA) is 3.24 Å². The molecule has 0 aliphatic heterocycles. The zero-order valence-electron chi connectivity index (χ0n) is 33.4. The molecule has 1 heterocycles. The lowest BCUT2D eigenvalue weighted by Crippen LogP contribution is -2.28. The summed E-state index contributed by atoms with van der Waals surface area (Å²) >= 11 is 1.88. The van der Waals surface area contributed by atoms with E-state index in [1.165, 1.54) is 86.6 Å². The summed E-state index contributed by atoms with van der Waals surface area (Å²) < 4.78 is 2.65. The third kappa shape index (κ3) is 5.68. The van der Waals surface area contributed by atoms with Crippen molar-refractivity contribution in [1.29, 1.82) is 0 Å². The summed E-state index contributed by atoms with van der Waals surface area (Å²) in [6, 6.07) is 87.2. The van der Waals surface area contributed by atoms with E-state index in [-0.39, 0.29) is 0 Å². The van der Waals surface area contributed by atoms with Gasteiger partial charge in [0.05, 0.1) is 5.41 Å². The third-order valence-electron chi connectivity index (χ3n) is 12.8. The van der Waals surface area contributed by atoms with Crippen LogP contribution in [0.15, 0.2) is 237 Å². The highest BCUT2D eigenvalue weighted by atomic mass is 32.1. The standard InChI is InChI=1S/C59H39NS/c1-2-15-45(16-3-1)59(55-22-9-6-17-51(55)52-18-7-10-23-56(52)59)46-31-37-49(38-32-46)60(47-33-27-41(28-34-47)44-26-25-40-13-4-5-14-43(40)39-44)48-35-29-42(30-36-48)50-20-12-21-54-53-19-8-11-24-57(53)61-58(50)54/h1-39H. The van der Waals surface area contributed by atoms with Crippen molar-refractivity contribution in [2.45, 2.75) is 5.41 Å². The summed E-state index contributed by atoms with van der Waals surface area (Å²) in [5, 5.41) is 5.14. The summed E-state index contributed by atoms with van der Waals surface area (Å²) in [7, 11) is 0. The van der Waals surface area contributed by atoms with Crippen LogP contribution in [0.4, 0.5) is 17.1 Å². The van der Waals surface area contributed by atoms with Crippen molar-refractivity contribution < 1.29 is 0 Å². The Morgan fingerprint density at radius 3 is 1.54 bits per heavy atom. The summed E-state index contributed by atoms with van der Waals surface area (Å²) in [6.45, 7) is 0. The Hall–Kier alpha value is -7.52. The second-order valence-electron chi connectivity index (χ2n) is 16.0. The van der Waals surface area contributed by atoms with E-state index in [9.17, 15) is 0 Å². The fourth-order valence-electron chi connectivity index (χ4n) is 9.96. The van der Waals surface area contributed by atoms with Gasteiger partial charge in [0.25, 0.3) is 0 Å². The minimum Gasteiger partial charge on any atom is -0.311 e. The molecule has 11 aromatic rings. The average molecular weight is 794 g/mol. The van der Waals surface area contributed by atoms with Gasteiger partial charge < -0.3 is 4.90 Å². The molecule has 10 aromatic carbocycles. The molecule has 1 nitrogen and oxygen atoms in total. The van der Waals surface area contributed by atoms with Crippen LogP contribution in [-0.4, -0.2) is 0 Å². The first-order valence-corrected chi connectivity index (χ1v) is 21.8. The number of rotatable bonds is 7. The van der Waals surface area contributed by atoms with E-state index < -0.39 is 5.41 Å². The fourth-order valence-corrected chi connectivity index (χ4v) is 11.2. The predicted octanol–water partition coefficient (Wildman–Crippen LogP) is 16.4. The van der Waals surface area contributed by atoms with Gasteiger partial charge in [-0.2, -0.15) is 0 Å². The maximum absolute atomic E-state index is 2.39. The Morgan fingerprint density at radius 2 is 0.836 bits per heavy atom. The average Bonchev–Trinajstić information content (AvgIpc) is 3.87. The van der Waals surface area contributed by atoms with Crippen LogP contribution in [0.25, 0.3) is 64.3 Å². The van der Waals surface area contributed by atoms with E-state index >= 15 is 0 Å². The van der Waals surface area contributed by atoms with Crippen LogP contribution >= 0.6 is 11.3 Å². The molecule has 0 N–H and O–H groups in total. The minimum atomic E-state index is -0.450. The molecule has 0 saturated carbocycles. The van der Waals surface area contributed by atoms with Gasteiger partial charge in [0.2, 0.25) is 0 Å². The SMILES string of the molecule is c1ccc(C2(c3ccc(N(c4ccc(-c5ccc6ccccc6c5)cc4)c4ccc(-c5cccc6c5sc5ccccc56)cc4)cc3)c3ccccc3-c3ccccc32)cc1. The molecule has 2 heteroatoms.